The van der Waals surface area contributed by atoms with Crippen LogP contribution in [-0.4, -0.2) is 9.97 Å². The Morgan fingerprint density at radius 2 is 0.846 bits per heavy atom. The van der Waals surface area contributed by atoms with Crippen molar-refractivity contribution in [1.29, 1.82) is 0 Å². The quantitative estimate of drug-likeness (QED) is 0.187. The van der Waals surface area contributed by atoms with Gasteiger partial charge >= 0.3 is 0 Å². The molecule has 7 aromatic carbocycles. The van der Waals surface area contributed by atoms with Gasteiger partial charge < -0.3 is 4.74 Å². The van der Waals surface area contributed by atoms with Gasteiger partial charge in [0.2, 0.25) is 0 Å². The molecule has 3 heteroatoms. The summed E-state index contributed by atoms with van der Waals surface area (Å²) in [6.45, 7) is 2.12. The fourth-order valence-electron chi connectivity index (χ4n) is 7.45. The fourth-order valence-corrected chi connectivity index (χ4v) is 7.45. The van der Waals surface area contributed by atoms with Crippen molar-refractivity contribution in [3.8, 4) is 67.7 Å². The van der Waals surface area contributed by atoms with E-state index < -0.39 is 0 Å². The largest absolute Gasteiger partial charge is 0.457 e. The number of hydrogen-bond donors (Lipinski definition) is 0. The molecule has 0 atom stereocenters. The minimum absolute atomic E-state index is 0.711. The van der Waals surface area contributed by atoms with Crippen LogP contribution in [0.2, 0.25) is 0 Å². The fraction of sp³-hybridized carbons (Fsp3) is 0.0612. The molecule has 1 aliphatic rings. The second-order valence-corrected chi connectivity index (χ2v) is 13.3. The molecule has 0 saturated carbocycles. The highest BCUT2D eigenvalue weighted by molar-refractivity contribution is 5.88. The van der Waals surface area contributed by atoms with Gasteiger partial charge in [-0.1, -0.05) is 164 Å². The maximum Gasteiger partial charge on any atom is 0.160 e. The van der Waals surface area contributed by atoms with Gasteiger partial charge in [-0.3, -0.25) is 0 Å². The van der Waals surface area contributed by atoms with Gasteiger partial charge in [0.05, 0.1) is 11.4 Å². The van der Waals surface area contributed by atoms with E-state index in [2.05, 4.69) is 171 Å². The lowest BCUT2D eigenvalue weighted by molar-refractivity contribution is 0.472. The molecule has 3 nitrogen and oxygen atoms in total. The Bertz CT molecular complexity index is 2480. The van der Waals surface area contributed by atoms with Gasteiger partial charge in [0, 0.05) is 35.1 Å². The Hall–Kier alpha value is -6.58. The zero-order chi connectivity index (χ0) is 34.9. The SMILES string of the molecule is Cc1c(-c2ccccc2)nc(-c2ccc(-c3cccc4c3-c3ccccc3Cc3ccccc3Oc3ccccc3C4)cc2)nc1-c1ccccc1. The molecule has 0 bridgehead atoms. The number of hydrogen-bond acceptors (Lipinski definition) is 3. The molecule has 2 heterocycles. The van der Waals surface area contributed by atoms with E-state index in [1.165, 1.54) is 27.8 Å². The van der Waals surface area contributed by atoms with E-state index in [4.69, 9.17) is 14.7 Å². The van der Waals surface area contributed by atoms with Crippen LogP contribution in [0.4, 0.5) is 0 Å². The molecule has 0 amide bonds. The molecule has 8 aromatic rings. The first-order valence-electron chi connectivity index (χ1n) is 17.8. The predicted molar refractivity (Wildman–Crippen MR) is 213 cm³/mol. The lowest BCUT2D eigenvalue weighted by atomic mass is 9.85. The molecule has 0 N–H and O–H groups in total. The molecule has 52 heavy (non-hydrogen) atoms. The van der Waals surface area contributed by atoms with Crippen molar-refractivity contribution in [3.05, 3.63) is 204 Å². The Labute approximate surface area is 304 Å². The summed E-state index contributed by atoms with van der Waals surface area (Å²) in [4.78, 5) is 10.3. The first-order chi connectivity index (χ1) is 25.7. The second-order valence-electron chi connectivity index (χ2n) is 13.3. The van der Waals surface area contributed by atoms with Crippen LogP contribution in [0.5, 0.6) is 11.5 Å². The highest BCUT2D eigenvalue weighted by atomic mass is 16.5. The van der Waals surface area contributed by atoms with E-state index in [9.17, 15) is 0 Å². The lowest BCUT2D eigenvalue weighted by Crippen LogP contribution is -2.00. The zero-order valence-electron chi connectivity index (χ0n) is 29.0. The Balaban J connectivity index is 1.19. The van der Waals surface area contributed by atoms with Crippen LogP contribution in [0, 0.1) is 6.92 Å². The van der Waals surface area contributed by atoms with Gasteiger partial charge in [0.25, 0.3) is 0 Å². The first-order valence-corrected chi connectivity index (χ1v) is 17.8. The summed E-state index contributed by atoms with van der Waals surface area (Å²) >= 11 is 0. The molecular weight excluding hydrogens is 633 g/mol. The van der Waals surface area contributed by atoms with Crippen molar-refractivity contribution in [1.82, 2.24) is 9.97 Å². The number of aromatic nitrogens is 2. The summed E-state index contributed by atoms with van der Waals surface area (Å²) < 4.78 is 6.64. The van der Waals surface area contributed by atoms with Gasteiger partial charge in [-0.2, -0.15) is 0 Å². The average Bonchev–Trinajstić information content (AvgIpc) is 3.22. The minimum Gasteiger partial charge on any atom is -0.457 e. The van der Waals surface area contributed by atoms with Crippen molar-refractivity contribution in [2.24, 2.45) is 0 Å². The predicted octanol–water partition coefficient (Wildman–Crippen LogP) is 12.4. The third-order valence-corrected chi connectivity index (χ3v) is 10.1. The van der Waals surface area contributed by atoms with Crippen LogP contribution in [0.1, 0.15) is 27.8 Å². The van der Waals surface area contributed by atoms with Crippen molar-refractivity contribution in [2.75, 3.05) is 0 Å². The van der Waals surface area contributed by atoms with Crippen molar-refractivity contribution < 1.29 is 4.74 Å². The van der Waals surface area contributed by atoms with Crippen LogP contribution < -0.4 is 4.74 Å². The molecule has 0 unspecified atom stereocenters. The maximum atomic E-state index is 6.64. The van der Waals surface area contributed by atoms with Gasteiger partial charge in [-0.05, 0) is 63.6 Å². The molecule has 9 rings (SSSR count). The van der Waals surface area contributed by atoms with Crippen molar-refractivity contribution in [3.63, 3.8) is 0 Å². The lowest BCUT2D eigenvalue weighted by Gasteiger charge is -2.19. The minimum atomic E-state index is 0.711. The highest BCUT2D eigenvalue weighted by Crippen LogP contribution is 2.42. The summed E-state index contributed by atoms with van der Waals surface area (Å²) in [5.41, 5.74) is 15.8. The molecule has 0 saturated heterocycles. The number of rotatable bonds is 4. The molecule has 248 valence electrons. The van der Waals surface area contributed by atoms with Gasteiger partial charge in [-0.25, -0.2) is 9.97 Å². The molecule has 1 aliphatic heterocycles. The topological polar surface area (TPSA) is 35.0 Å². The van der Waals surface area contributed by atoms with E-state index in [1.807, 2.05) is 12.1 Å². The van der Waals surface area contributed by atoms with Gasteiger partial charge in [0.15, 0.2) is 5.82 Å². The number of fused-ring (bicyclic) bond motifs is 5. The number of ether oxygens (including phenoxy) is 1. The van der Waals surface area contributed by atoms with Crippen molar-refractivity contribution >= 4 is 0 Å². The molecular formula is C49H36N2O. The Kier molecular flexibility index (Phi) is 8.22. The second kappa shape index (κ2) is 13.6. The monoisotopic (exact) mass is 668 g/mol. The van der Waals surface area contributed by atoms with E-state index in [0.29, 0.717) is 5.82 Å². The summed E-state index contributed by atoms with van der Waals surface area (Å²) in [7, 11) is 0. The maximum absolute atomic E-state index is 6.64. The Morgan fingerprint density at radius 3 is 1.46 bits per heavy atom. The van der Waals surface area contributed by atoms with Crippen LogP contribution >= 0.6 is 0 Å². The molecule has 1 aromatic heterocycles. The van der Waals surface area contributed by atoms with Gasteiger partial charge in [0.1, 0.15) is 11.5 Å². The number of nitrogens with zero attached hydrogens (tertiary/aromatic N) is 2. The van der Waals surface area contributed by atoms with Crippen LogP contribution in [-0.2, 0) is 12.8 Å². The van der Waals surface area contributed by atoms with E-state index >= 15 is 0 Å². The molecule has 0 aliphatic carbocycles. The van der Waals surface area contributed by atoms with Gasteiger partial charge in [-0.15, -0.1) is 0 Å². The summed E-state index contributed by atoms with van der Waals surface area (Å²) in [6, 6.07) is 61.9. The molecule has 0 fully saturated rings. The van der Waals surface area contributed by atoms with Crippen LogP contribution in [0.25, 0.3) is 56.2 Å². The van der Waals surface area contributed by atoms with E-state index in [-0.39, 0.29) is 0 Å². The number of para-hydroxylation sites is 2. The third-order valence-electron chi connectivity index (χ3n) is 10.1. The number of benzene rings is 7. The smallest absolute Gasteiger partial charge is 0.160 e. The third kappa shape index (κ3) is 5.97. The van der Waals surface area contributed by atoms with Crippen molar-refractivity contribution in [2.45, 2.75) is 19.8 Å². The standard InChI is InChI=1S/C49H36N2O/c1-33-47(35-15-4-2-5-16-35)50-49(51-48(33)36-17-6-3-7-18-36)37-29-27-34(28-30-37)42-24-14-22-41-32-40-21-10-13-26-45(40)52-44-25-12-9-20-39(44)31-38-19-8-11-23-43(38)46(41)42/h2-30H,31-32H2,1H3. The van der Waals surface area contributed by atoms with Crippen LogP contribution in [0.15, 0.2) is 176 Å². The molecule has 0 spiro atoms. The zero-order valence-corrected chi connectivity index (χ0v) is 29.0. The first kappa shape index (κ1) is 31.4. The Morgan fingerprint density at radius 1 is 0.385 bits per heavy atom. The summed E-state index contributed by atoms with van der Waals surface area (Å²) in [6.07, 6.45) is 1.51. The summed E-state index contributed by atoms with van der Waals surface area (Å²) in [5, 5.41) is 0. The van der Waals surface area contributed by atoms with E-state index in [1.54, 1.807) is 0 Å². The van der Waals surface area contributed by atoms with Crippen LogP contribution in [0.3, 0.4) is 0 Å². The molecule has 0 radical (unpaired) electrons. The average molecular weight is 669 g/mol. The summed E-state index contributed by atoms with van der Waals surface area (Å²) in [5.74, 6) is 2.50. The van der Waals surface area contributed by atoms with E-state index in [0.717, 1.165) is 74.7 Å². The highest BCUT2D eigenvalue weighted by Gasteiger charge is 2.21. The normalized spacial score (nSPS) is 11.9.